The first-order valence-electron chi connectivity index (χ1n) is 7.09. The van der Waals surface area contributed by atoms with Gasteiger partial charge in [0.15, 0.2) is 0 Å². The van der Waals surface area contributed by atoms with Gasteiger partial charge in [0.25, 0.3) is 0 Å². The molecule has 0 aliphatic heterocycles. The van der Waals surface area contributed by atoms with E-state index >= 15 is 0 Å². The minimum atomic E-state index is -0.614. The largest absolute Gasteiger partial charge is 0.392 e. The molecule has 0 aromatic carbocycles. The van der Waals surface area contributed by atoms with Crippen LogP contribution >= 0.6 is 0 Å². The van der Waals surface area contributed by atoms with Crippen LogP contribution in [0.2, 0.25) is 0 Å². The molecule has 0 saturated carbocycles. The lowest BCUT2D eigenvalue weighted by atomic mass is 9.91. The Morgan fingerprint density at radius 1 is 1.45 bits per heavy atom. The van der Waals surface area contributed by atoms with E-state index in [1.165, 1.54) is 0 Å². The standard InChI is InChI=1S/C15H27N3O2/c1-10(2)12(19)8-14(20)16-13-7-11(17-18(13)6)9-15(3,4)5/h7,10,12,19H,8-9H2,1-6H3,(H,16,20). The molecule has 0 fully saturated rings. The number of amides is 1. The van der Waals surface area contributed by atoms with Crippen LogP contribution in [0, 0.1) is 11.3 Å². The topological polar surface area (TPSA) is 67.2 Å². The molecule has 114 valence electrons. The van der Waals surface area contributed by atoms with E-state index in [9.17, 15) is 9.90 Å². The van der Waals surface area contributed by atoms with Crippen LogP contribution in [0.25, 0.3) is 0 Å². The summed E-state index contributed by atoms with van der Waals surface area (Å²) in [5.74, 6) is 0.561. The Labute approximate surface area is 121 Å². The Bertz CT molecular complexity index is 458. The summed E-state index contributed by atoms with van der Waals surface area (Å²) >= 11 is 0. The normalized spacial score (nSPS) is 13.6. The fraction of sp³-hybridized carbons (Fsp3) is 0.733. The van der Waals surface area contributed by atoms with Gasteiger partial charge in [0.05, 0.1) is 18.2 Å². The average Bonchev–Trinajstić information content (AvgIpc) is 2.55. The van der Waals surface area contributed by atoms with E-state index in [-0.39, 0.29) is 23.7 Å². The van der Waals surface area contributed by atoms with Gasteiger partial charge in [-0.2, -0.15) is 5.10 Å². The fourth-order valence-corrected chi connectivity index (χ4v) is 1.89. The van der Waals surface area contributed by atoms with Gasteiger partial charge in [-0.25, -0.2) is 0 Å². The van der Waals surface area contributed by atoms with Gasteiger partial charge in [-0.15, -0.1) is 0 Å². The van der Waals surface area contributed by atoms with Crippen molar-refractivity contribution in [2.75, 3.05) is 5.32 Å². The molecule has 0 bridgehead atoms. The van der Waals surface area contributed by atoms with Gasteiger partial charge in [-0.05, 0) is 17.8 Å². The highest BCUT2D eigenvalue weighted by Gasteiger charge is 2.18. The molecule has 1 aromatic heterocycles. The number of aliphatic hydroxyl groups excluding tert-OH is 1. The SMILES string of the molecule is CC(C)C(O)CC(=O)Nc1cc(CC(C)(C)C)nn1C. The zero-order valence-electron chi connectivity index (χ0n) is 13.4. The van der Waals surface area contributed by atoms with E-state index in [2.05, 4.69) is 31.2 Å². The number of carbonyl (C=O) groups excluding carboxylic acids is 1. The number of carbonyl (C=O) groups is 1. The monoisotopic (exact) mass is 281 g/mol. The maximum absolute atomic E-state index is 11.9. The number of hydrogen-bond acceptors (Lipinski definition) is 3. The highest BCUT2D eigenvalue weighted by Crippen LogP contribution is 2.21. The Balaban J connectivity index is 2.66. The van der Waals surface area contributed by atoms with Gasteiger partial charge in [0.1, 0.15) is 5.82 Å². The molecule has 0 aliphatic rings. The summed E-state index contributed by atoms with van der Waals surface area (Å²) in [6, 6.07) is 1.89. The molecule has 0 radical (unpaired) electrons. The molecular weight excluding hydrogens is 254 g/mol. The minimum absolute atomic E-state index is 0.0729. The van der Waals surface area contributed by atoms with Crippen molar-refractivity contribution in [2.45, 2.75) is 53.6 Å². The van der Waals surface area contributed by atoms with Crippen molar-refractivity contribution in [3.63, 3.8) is 0 Å². The maximum atomic E-state index is 11.9. The van der Waals surface area contributed by atoms with Crippen molar-refractivity contribution in [1.29, 1.82) is 0 Å². The van der Waals surface area contributed by atoms with E-state index in [0.29, 0.717) is 5.82 Å². The number of anilines is 1. The first-order chi connectivity index (χ1) is 9.08. The fourth-order valence-electron chi connectivity index (χ4n) is 1.89. The van der Waals surface area contributed by atoms with Crippen molar-refractivity contribution in [1.82, 2.24) is 9.78 Å². The molecule has 2 N–H and O–H groups in total. The van der Waals surface area contributed by atoms with Crippen molar-refractivity contribution in [3.8, 4) is 0 Å². The Hall–Kier alpha value is -1.36. The van der Waals surface area contributed by atoms with E-state index in [4.69, 9.17) is 0 Å². The molecule has 1 atom stereocenters. The minimum Gasteiger partial charge on any atom is -0.392 e. The van der Waals surface area contributed by atoms with Crippen LogP contribution in [0.3, 0.4) is 0 Å². The van der Waals surface area contributed by atoms with Gasteiger partial charge >= 0.3 is 0 Å². The van der Waals surface area contributed by atoms with Crippen molar-refractivity contribution >= 4 is 11.7 Å². The molecular formula is C15H27N3O2. The second kappa shape index (κ2) is 6.39. The van der Waals surface area contributed by atoms with Crippen LogP contribution in [0.5, 0.6) is 0 Å². The summed E-state index contributed by atoms with van der Waals surface area (Å²) in [7, 11) is 1.81. The second-order valence-corrected chi connectivity index (χ2v) is 6.95. The number of rotatable bonds is 5. The van der Waals surface area contributed by atoms with Crippen LogP contribution in [-0.2, 0) is 18.3 Å². The maximum Gasteiger partial charge on any atom is 0.228 e. The van der Waals surface area contributed by atoms with E-state index in [1.807, 2.05) is 19.9 Å². The highest BCUT2D eigenvalue weighted by atomic mass is 16.3. The summed E-state index contributed by atoms with van der Waals surface area (Å²) in [5, 5.41) is 16.9. The van der Waals surface area contributed by atoms with Crippen LogP contribution in [-0.4, -0.2) is 26.9 Å². The van der Waals surface area contributed by atoms with Crippen LogP contribution in [0.1, 0.15) is 46.7 Å². The lowest BCUT2D eigenvalue weighted by molar-refractivity contribution is -0.118. The molecule has 1 rings (SSSR count). The predicted octanol–water partition coefficient (Wildman–Crippen LogP) is 2.35. The van der Waals surface area contributed by atoms with Crippen LogP contribution in [0.4, 0.5) is 5.82 Å². The summed E-state index contributed by atoms with van der Waals surface area (Å²) in [6.45, 7) is 10.2. The molecule has 1 amide bonds. The second-order valence-electron chi connectivity index (χ2n) is 6.95. The van der Waals surface area contributed by atoms with Crippen LogP contribution < -0.4 is 5.32 Å². The smallest absolute Gasteiger partial charge is 0.228 e. The number of nitrogens with zero attached hydrogens (tertiary/aromatic N) is 2. The van der Waals surface area contributed by atoms with Crippen molar-refractivity contribution in [3.05, 3.63) is 11.8 Å². The van der Waals surface area contributed by atoms with Gasteiger partial charge in [0, 0.05) is 13.1 Å². The zero-order valence-corrected chi connectivity index (χ0v) is 13.4. The molecule has 1 aromatic rings. The predicted molar refractivity (Wildman–Crippen MR) is 80.5 cm³/mol. The molecule has 20 heavy (non-hydrogen) atoms. The Kier molecular flexibility index (Phi) is 5.34. The molecule has 1 unspecified atom stereocenters. The third-order valence-corrected chi connectivity index (χ3v) is 3.07. The summed E-state index contributed by atoms with van der Waals surface area (Å²) < 4.78 is 1.67. The third kappa shape index (κ3) is 5.33. The summed E-state index contributed by atoms with van der Waals surface area (Å²) in [5.41, 5.74) is 1.11. The molecule has 5 heteroatoms. The lowest BCUT2D eigenvalue weighted by Crippen LogP contribution is -2.24. The number of aryl methyl sites for hydroxylation is 1. The molecule has 0 spiro atoms. The number of hydrogen-bond donors (Lipinski definition) is 2. The van der Waals surface area contributed by atoms with E-state index in [0.717, 1.165) is 12.1 Å². The average molecular weight is 281 g/mol. The molecule has 0 saturated heterocycles. The third-order valence-electron chi connectivity index (χ3n) is 3.07. The van der Waals surface area contributed by atoms with Crippen LogP contribution in [0.15, 0.2) is 6.07 Å². The van der Waals surface area contributed by atoms with Gasteiger partial charge in [-0.3, -0.25) is 9.48 Å². The summed E-state index contributed by atoms with van der Waals surface area (Å²) in [6.07, 6.45) is 0.347. The number of nitrogens with one attached hydrogen (secondary N) is 1. The van der Waals surface area contributed by atoms with Gasteiger partial charge in [-0.1, -0.05) is 34.6 Å². The van der Waals surface area contributed by atoms with E-state index < -0.39 is 6.10 Å². The zero-order chi connectivity index (χ0) is 15.5. The molecule has 0 aliphatic carbocycles. The first kappa shape index (κ1) is 16.7. The first-order valence-corrected chi connectivity index (χ1v) is 7.09. The van der Waals surface area contributed by atoms with E-state index in [1.54, 1.807) is 11.7 Å². The lowest BCUT2D eigenvalue weighted by Gasteiger charge is -2.15. The van der Waals surface area contributed by atoms with Gasteiger partial charge in [0.2, 0.25) is 5.91 Å². The number of aromatic nitrogens is 2. The highest BCUT2D eigenvalue weighted by molar-refractivity contribution is 5.90. The van der Waals surface area contributed by atoms with Gasteiger partial charge < -0.3 is 10.4 Å². The quantitative estimate of drug-likeness (QED) is 0.870. The number of aliphatic hydroxyl groups is 1. The Morgan fingerprint density at radius 2 is 2.05 bits per heavy atom. The van der Waals surface area contributed by atoms with Crippen molar-refractivity contribution < 1.29 is 9.90 Å². The molecule has 1 heterocycles. The molecule has 5 nitrogen and oxygen atoms in total. The van der Waals surface area contributed by atoms with Crippen molar-refractivity contribution in [2.24, 2.45) is 18.4 Å². The summed E-state index contributed by atoms with van der Waals surface area (Å²) in [4.78, 5) is 11.9. The Morgan fingerprint density at radius 3 is 2.55 bits per heavy atom.